The van der Waals surface area contributed by atoms with E-state index in [0.29, 0.717) is 0 Å². The lowest BCUT2D eigenvalue weighted by atomic mass is 9.40. The van der Waals surface area contributed by atoms with Gasteiger partial charge in [0.15, 0.2) is 0 Å². The molecule has 1 saturated carbocycles. The van der Waals surface area contributed by atoms with Crippen molar-refractivity contribution in [2.24, 2.45) is 21.7 Å². The average Bonchev–Trinajstić information content (AvgIpc) is 2.12. The summed E-state index contributed by atoms with van der Waals surface area (Å²) in [6.07, 6.45) is -1.35. The van der Waals surface area contributed by atoms with E-state index < -0.39 is 12.2 Å². The first-order valence-corrected chi connectivity index (χ1v) is 6.18. The van der Waals surface area contributed by atoms with Crippen LogP contribution in [0.25, 0.3) is 0 Å². The molecule has 0 heterocycles. The first-order chi connectivity index (χ1) is 6.82. The lowest BCUT2D eigenvalue weighted by Gasteiger charge is -2.67. The Morgan fingerprint density at radius 1 is 0.562 bits per heavy atom. The van der Waals surface area contributed by atoms with Gasteiger partial charge in [-0.05, 0) is 21.7 Å². The second-order valence-corrected chi connectivity index (χ2v) is 7.58. The van der Waals surface area contributed by atoms with Crippen molar-refractivity contribution in [1.82, 2.24) is 0 Å². The molecule has 0 aromatic carbocycles. The maximum absolute atomic E-state index is 10.4. The van der Waals surface area contributed by atoms with Crippen LogP contribution in [-0.2, 0) is 0 Å². The Labute approximate surface area is 100 Å². The van der Waals surface area contributed by atoms with Crippen LogP contribution >= 0.6 is 0 Å². The summed E-state index contributed by atoms with van der Waals surface area (Å²) >= 11 is 0. The zero-order chi connectivity index (χ0) is 13.2. The molecule has 16 heavy (non-hydrogen) atoms. The van der Waals surface area contributed by atoms with Crippen LogP contribution in [0.3, 0.4) is 0 Å². The van der Waals surface area contributed by atoms with Gasteiger partial charge < -0.3 is 10.2 Å². The first-order valence-electron chi connectivity index (χ1n) is 6.18. The molecule has 2 heteroatoms. The summed E-state index contributed by atoms with van der Waals surface area (Å²) in [5.74, 6) is 0. The normalized spacial score (nSPS) is 39.4. The minimum absolute atomic E-state index is 0.0534. The van der Waals surface area contributed by atoms with Crippen molar-refractivity contribution in [1.29, 1.82) is 0 Å². The predicted octanol–water partition coefficient (Wildman–Crippen LogP) is 2.83. The van der Waals surface area contributed by atoms with Crippen molar-refractivity contribution in [3.05, 3.63) is 0 Å². The second-order valence-electron chi connectivity index (χ2n) is 7.58. The highest BCUT2D eigenvalue weighted by atomic mass is 16.3. The van der Waals surface area contributed by atoms with Gasteiger partial charge >= 0.3 is 0 Å². The fourth-order valence-corrected chi connectivity index (χ4v) is 3.14. The predicted molar refractivity (Wildman–Crippen MR) is 67.1 cm³/mol. The van der Waals surface area contributed by atoms with Gasteiger partial charge in [0.2, 0.25) is 0 Å². The molecule has 1 rings (SSSR count). The lowest BCUT2D eigenvalue weighted by molar-refractivity contribution is -0.258. The molecule has 0 aromatic heterocycles. The molecule has 0 saturated heterocycles. The Morgan fingerprint density at radius 2 is 0.750 bits per heavy atom. The van der Waals surface area contributed by atoms with E-state index in [4.69, 9.17) is 0 Å². The highest BCUT2D eigenvalue weighted by Crippen LogP contribution is 2.65. The van der Waals surface area contributed by atoms with Gasteiger partial charge in [0.1, 0.15) is 0 Å². The zero-order valence-corrected chi connectivity index (χ0v) is 12.0. The van der Waals surface area contributed by atoms with Crippen molar-refractivity contribution >= 4 is 0 Å². The summed E-state index contributed by atoms with van der Waals surface area (Å²) in [4.78, 5) is 0. The molecule has 0 aromatic rings. The molecule has 0 spiro atoms. The monoisotopic (exact) mass is 228 g/mol. The van der Waals surface area contributed by atoms with E-state index in [2.05, 4.69) is 55.4 Å². The Hall–Kier alpha value is -0.0800. The number of hydrogen-bond donors (Lipinski definition) is 2. The van der Waals surface area contributed by atoms with E-state index in [0.717, 1.165) is 0 Å². The largest absolute Gasteiger partial charge is 0.390 e. The molecular formula is C14H28O2. The summed E-state index contributed by atoms with van der Waals surface area (Å²) in [7, 11) is 0. The summed E-state index contributed by atoms with van der Waals surface area (Å²) in [6, 6.07) is 0. The van der Waals surface area contributed by atoms with E-state index in [1.165, 1.54) is 0 Å². The molecule has 2 nitrogen and oxygen atoms in total. The van der Waals surface area contributed by atoms with Crippen molar-refractivity contribution in [2.75, 3.05) is 0 Å². The van der Waals surface area contributed by atoms with Crippen LogP contribution < -0.4 is 0 Å². The summed E-state index contributed by atoms with van der Waals surface area (Å²) in [5.41, 5.74) is -0.707. The average molecular weight is 228 g/mol. The van der Waals surface area contributed by atoms with Gasteiger partial charge in [0, 0.05) is 0 Å². The third-order valence-electron chi connectivity index (χ3n) is 6.56. The Balaban J connectivity index is 3.42. The topological polar surface area (TPSA) is 40.5 Å². The standard InChI is InChI=1S/C14H28O2/c1-11(2)9(15)10(16)12(3,4)14(7,8)13(11,5)6/h9-10,15-16H,1-8H3. The molecular weight excluding hydrogens is 200 g/mol. The van der Waals surface area contributed by atoms with Crippen molar-refractivity contribution in [3.8, 4) is 0 Å². The third kappa shape index (κ3) is 1.26. The smallest absolute Gasteiger partial charge is 0.0860 e. The Bertz CT molecular complexity index is 257. The maximum Gasteiger partial charge on any atom is 0.0860 e. The second kappa shape index (κ2) is 3.23. The molecule has 2 N–H and O–H groups in total. The fourth-order valence-electron chi connectivity index (χ4n) is 3.14. The van der Waals surface area contributed by atoms with Gasteiger partial charge in [-0.2, -0.15) is 0 Å². The molecule has 1 aliphatic rings. The van der Waals surface area contributed by atoms with Gasteiger partial charge in [-0.25, -0.2) is 0 Å². The van der Waals surface area contributed by atoms with Crippen LogP contribution in [-0.4, -0.2) is 22.4 Å². The molecule has 1 fully saturated rings. The van der Waals surface area contributed by atoms with E-state index in [1.807, 2.05) is 0 Å². The molecule has 2 atom stereocenters. The molecule has 1 aliphatic carbocycles. The SMILES string of the molecule is CC1(C)C(O)C(O)C(C)(C)C(C)(C)C1(C)C. The van der Waals surface area contributed by atoms with Gasteiger partial charge in [-0.3, -0.25) is 0 Å². The number of aliphatic hydroxyl groups excluding tert-OH is 2. The first kappa shape index (κ1) is 14.0. The zero-order valence-electron chi connectivity index (χ0n) is 12.0. The Morgan fingerprint density at radius 3 is 0.938 bits per heavy atom. The highest BCUT2D eigenvalue weighted by molar-refractivity contribution is 5.14. The van der Waals surface area contributed by atoms with Gasteiger partial charge in [0.25, 0.3) is 0 Å². The Kier molecular flexibility index (Phi) is 2.82. The maximum atomic E-state index is 10.4. The molecule has 0 radical (unpaired) electrons. The van der Waals surface area contributed by atoms with E-state index in [-0.39, 0.29) is 21.7 Å². The molecule has 96 valence electrons. The fraction of sp³-hybridized carbons (Fsp3) is 1.00. The highest BCUT2D eigenvalue weighted by Gasteiger charge is 2.65. The van der Waals surface area contributed by atoms with Crippen LogP contribution in [0.4, 0.5) is 0 Å². The van der Waals surface area contributed by atoms with E-state index >= 15 is 0 Å². The van der Waals surface area contributed by atoms with Crippen LogP contribution in [0.5, 0.6) is 0 Å². The quantitative estimate of drug-likeness (QED) is 0.669. The van der Waals surface area contributed by atoms with Gasteiger partial charge in [0.05, 0.1) is 12.2 Å². The van der Waals surface area contributed by atoms with Crippen molar-refractivity contribution in [3.63, 3.8) is 0 Å². The van der Waals surface area contributed by atoms with E-state index in [9.17, 15) is 10.2 Å². The number of hydrogen-bond acceptors (Lipinski definition) is 2. The molecule has 0 aliphatic heterocycles. The molecule has 0 amide bonds. The van der Waals surface area contributed by atoms with Crippen LogP contribution in [0.2, 0.25) is 0 Å². The minimum Gasteiger partial charge on any atom is -0.390 e. The van der Waals surface area contributed by atoms with E-state index in [1.54, 1.807) is 0 Å². The molecule has 2 unspecified atom stereocenters. The van der Waals surface area contributed by atoms with Crippen LogP contribution in [0.1, 0.15) is 55.4 Å². The van der Waals surface area contributed by atoms with Crippen LogP contribution in [0, 0.1) is 21.7 Å². The van der Waals surface area contributed by atoms with Crippen molar-refractivity contribution < 1.29 is 10.2 Å². The van der Waals surface area contributed by atoms with Crippen molar-refractivity contribution in [2.45, 2.75) is 67.6 Å². The van der Waals surface area contributed by atoms with Gasteiger partial charge in [-0.15, -0.1) is 0 Å². The third-order valence-corrected chi connectivity index (χ3v) is 6.56. The summed E-state index contributed by atoms with van der Waals surface area (Å²) in [5, 5.41) is 20.7. The molecule has 0 bridgehead atoms. The summed E-state index contributed by atoms with van der Waals surface area (Å²) < 4.78 is 0. The van der Waals surface area contributed by atoms with Crippen LogP contribution in [0.15, 0.2) is 0 Å². The number of aliphatic hydroxyl groups is 2. The van der Waals surface area contributed by atoms with Gasteiger partial charge in [-0.1, -0.05) is 55.4 Å². The number of rotatable bonds is 0. The summed E-state index contributed by atoms with van der Waals surface area (Å²) in [6.45, 7) is 17.0. The lowest BCUT2D eigenvalue weighted by Crippen LogP contribution is -2.68. The minimum atomic E-state index is -0.675.